The van der Waals surface area contributed by atoms with Crippen LogP contribution in [0, 0.1) is 0 Å². The van der Waals surface area contributed by atoms with Gasteiger partial charge in [-0.25, -0.2) is 4.99 Å². The number of thioether (sulfide) groups is 1. The monoisotopic (exact) mass is 330 g/mol. The maximum Gasteiger partial charge on any atom is 0.266 e. The molecular weight excluding hydrogens is 316 g/mol. The smallest absolute Gasteiger partial charge is 0.266 e. The fourth-order valence-corrected chi connectivity index (χ4v) is 3.63. The van der Waals surface area contributed by atoms with Gasteiger partial charge in [-0.3, -0.25) is 9.69 Å². The molecule has 1 aliphatic rings. The molecule has 112 valence electrons. The molecule has 0 N–H and O–H groups in total. The number of amides is 1. The summed E-state index contributed by atoms with van der Waals surface area (Å²) in [6, 6.07) is 11.4. The molecule has 2 aromatic rings. The average Bonchev–Trinajstić information content (AvgIpc) is 3.13. The van der Waals surface area contributed by atoms with Crippen molar-refractivity contribution in [3.05, 3.63) is 51.6 Å². The van der Waals surface area contributed by atoms with Gasteiger partial charge in [0.15, 0.2) is 5.17 Å². The summed E-state index contributed by atoms with van der Waals surface area (Å²) in [5.74, 6) is 0.761. The van der Waals surface area contributed by atoms with Crippen molar-refractivity contribution in [3.63, 3.8) is 0 Å². The fourth-order valence-electron chi connectivity index (χ4n) is 1.92. The number of aliphatic imine (C=N–C) groups is 1. The number of ether oxygens (including phenoxy) is 1. The number of carbonyl (C=O) groups is 1. The molecule has 1 amide bonds. The zero-order chi connectivity index (χ0) is 15.5. The molecule has 0 radical (unpaired) electrons. The molecule has 1 aliphatic heterocycles. The van der Waals surface area contributed by atoms with E-state index in [0.717, 1.165) is 16.3 Å². The zero-order valence-electron chi connectivity index (χ0n) is 12.1. The lowest BCUT2D eigenvalue weighted by atomic mass is 10.3. The highest BCUT2D eigenvalue weighted by Gasteiger charge is 2.30. The van der Waals surface area contributed by atoms with Gasteiger partial charge in [0.25, 0.3) is 5.91 Å². The second-order valence-corrected chi connectivity index (χ2v) is 6.57. The first kappa shape index (κ1) is 14.9. The number of hydrogen-bond acceptors (Lipinski definition) is 5. The number of nitrogens with zero attached hydrogens (tertiary/aromatic N) is 2. The van der Waals surface area contributed by atoms with Gasteiger partial charge in [-0.15, -0.1) is 11.3 Å². The van der Waals surface area contributed by atoms with E-state index in [-0.39, 0.29) is 5.91 Å². The van der Waals surface area contributed by atoms with E-state index in [1.54, 1.807) is 30.4 Å². The molecule has 3 rings (SSSR count). The number of amidine groups is 1. The maximum absolute atomic E-state index is 12.3. The quantitative estimate of drug-likeness (QED) is 0.799. The van der Waals surface area contributed by atoms with Crippen LogP contribution in [-0.2, 0) is 4.79 Å². The molecule has 1 fully saturated rings. The molecule has 1 saturated heterocycles. The first-order chi connectivity index (χ1) is 10.7. The van der Waals surface area contributed by atoms with E-state index in [2.05, 4.69) is 4.99 Å². The molecule has 0 bridgehead atoms. The van der Waals surface area contributed by atoms with Crippen molar-refractivity contribution in [3.8, 4) is 5.75 Å². The van der Waals surface area contributed by atoms with E-state index in [1.165, 1.54) is 11.8 Å². The van der Waals surface area contributed by atoms with E-state index in [0.29, 0.717) is 10.1 Å². The summed E-state index contributed by atoms with van der Waals surface area (Å²) in [6.07, 6.45) is 1.91. The van der Waals surface area contributed by atoms with Gasteiger partial charge in [-0.1, -0.05) is 6.07 Å². The summed E-state index contributed by atoms with van der Waals surface area (Å²) in [5.41, 5.74) is 0.792. The van der Waals surface area contributed by atoms with Crippen molar-refractivity contribution in [2.45, 2.75) is 0 Å². The normalized spacial score (nSPS) is 18.5. The van der Waals surface area contributed by atoms with Crippen LogP contribution in [0.4, 0.5) is 5.69 Å². The Labute approximate surface area is 137 Å². The van der Waals surface area contributed by atoms with Crippen molar-refractivity contribution in [2.24, 2.45) is 4.99 Å². The van der Waals surface area contributed by atoms with Crippen molar-refractivity contribution in [1.29, 1.82) is 0 Å². The van der Waals surface area contributed by atoms with Gasteiger partial charge in [0.2, 0.25) is 0 Å². The lowest BCUT2D eigenvalue weighted by Crippen LogP contribution is -2.23. The summed E-state index contributed by atoms with van der Waals surface area (Å²) in [7, 11) is 3.37. The van der Waals surface area contributed by atoms with Crippen LogP contribution in [0.25, 0.3) is 6.08 Å². The predicted molar refractivity (Wildman–Crippen MR) is 92.7 cm³/mol. The van der Waals surface area contributed by atoms with E-state index < -0.39 is 0 Å². The number of methoxy groups -OCH3 is 1. The van der Waals surface area contributed by atoms with Gasteiger partial charge in [0.05, 0.1) is 17.7 Å². The van der Waals surface area contributed by atoms with Crippen LogP contribution < -0.4 is 4.74 Å². The molecule has 0 spiro atoms. The van der Waals surface area contributed by atoms with Crippen LogP contribution in [-0.4, -0.2) is 30.1 Å². The highest BCUT2D eigenvalue weighted by atomic mass is 32.2. The standard InChI is InChI=1S/C16H14N2O2S2/c1-18-15(19)14(10-13-4-3-9-21-13)22-16(18)17-11-5-7-12(20-2)8-6-11/h3-10H,1-2H3. The lowest BCUT2D eigenvalue weighted by molar-refractivity contribution is -0.121. The summed E-state index contributed by atoms with van der Waals surface area (Å²) in [4.78, 5) is 20.1. The Morgan fingerprint density at radius 3 is 2.64 bits per heavy atom. The average molecular weight is 330 g/mol. The Balaban J connectivity index is 1.85. The largest absolute Gasteiger partial charge is 0.497 e. The summed E-state index contributed by atoms with van der Waals surface area (Å²) in [6.45, 7) is 0. The van der Waals surface area contributed by atoms with Gasteiger partial charge < -0.3 is 4.74 Å². The number of carbonyl (C=O) groups excluding carboxylic acids is 1. The molecule has 6 heteroatoms. The number of thiophene rings is 1. The van der Waals surface area contributed by atoms with Crippen molar-refractivity contribution < 1.29 is 9.53 Å². The van der Waals surface area contributed by atoms with Gasteiger partial charge >= 0.3 is 0 Å². The van der Waals surface area contributed by atoms with Gasteiger partial charge in [-0.05, 0) is 53.5 Å². The minimum Gasteiger partial charge on any atom is -0.497 e. The third-order valence-corrected chi connectivity index (χ3v) is 5.00. The highest BCUT2D eigenvalue weighted by Crippen LogP contribution is 2.33. The van der Waals surface area contributed by atoms with E-state index in [1.807, 2.05) is 47.9 Å². The van der Waals surface area contributed by atoms with Gasteiger partial charge in [0, 0.05) is 11.9 Å². The second kappa shape index (κ2) is 6.37. The van der Waals surface area contributed by atoms with Crippen molar-refractivity contribution >= 4 is 45.9 Å². The molecule has 1 aromatic heterocycles. The third kappa shape index (κ3) is 3.08. The summed E-state index contributed by atoms with van der Waals surface area (Å²) < 4.78 is 5.13. The molecular formula is C16H14N2O2S2. The van der Waals surface area contributed by atoms with Crippen LogP contribution in [0.5, 0.6) is 5.75 Å². The summed E-state index contributed by atoms with van der Waals surface area (Å²) in [5, 5.41) is 2.67. The van der Waals surface area contributed by atoms with Crippen LogP contribution in [0.2, 0.25) is 0 Å². The number of likely N-dealkylation sites (N-methyl/N-ethyl adjacent to an activating group) is 1. The Bertz CT molecular complexity index is 734. The van der Waals surface area contributed by atoms with Crippen molar-refractivity contribution in [1.82, 2.24) is 4.90 Å². The number of benzene rings is 1. The molecule has 0 saturated carbocycles. The molecule has 2 heterocycles. The van der Waals surface area contributed by atoms with Gasteiger partial charge in [-0.2, -0.15) is 0 Å². The van der Waals surface area contributed by atoms with Gasteiger partial charge in [0.1, 0.15) is 5.75 Å². The Kier molecular flexibility index (Phi) is 4.31. The molecule has 0 unspecified atom stereocenters. The third-order valence-electron chi connectivity index (χ3n) is 3.12. The Morgan fingerprint density at radius 2 is 2.00 bits per heavy atom. The molecule has 1 aromatic carbocycles. The first-order valence-corrected chi connectivity index (χ1v) is 8.31. The van der Waals surface area contributed by atoms with E-state index >= 15 is 0 Å². The zero-order valence-corrected chi connectivity index (χ0v) is 13.8. The topological polar surface area (TPSA) is 41.9 Å². The molecule has 22 heavy (non-hydrogen) atoms. The fraction of sp³-hybridized carbons (Fsp3) is 0.125. The minimum absolute atomic E-state index is 0.0225. The minimum atomic E-state index is -0.0225. The highest BCUT2D eigenvalue weighted by molar-refractivity contribution is 8.18. The second-order valence-electron chi connectivity index (χ2n) is 4.58. The van der Waals surface area contributed by atoms with Crippen LogP contribution in [0.1, 0.15) is 4.88 Å². The lowest BCUT2D eigenvalue weighted by Gasteiger charge is -2.07. The van der Waals surface area contributed by atoms with Crippen LogP contribution in [0.3, 0.4) is 0 Å². The molecule has 0 atom stereocenters. The maximum atomic E-state index is 12.3. The van der Waals surface area contributed by atoms with Crippen molar-refractivity contribution in [2.75, 3.05) is 14.2 Å². The first-order valence-electron chi connectivity index (χ1n) is 6.61. The van der Waals surface area contributed by atoms with E-state index in [4.69, 9.17) is 4.74 Å². The van der Waals surface area contributed by atoms with Crippen LogP contribution in [0.15, 0.2) is 51.7 Å². The Morgan fingerprint density at radius 1 is 1.23 bits per heavy atom. The SMILES string of the molecule is COc1ccc(N=C2SC(=Cc3cccs3)C(=O)N2C)cc1. The summed E-state index contributed by atoms with van der Waals surface area (Å²) >= 11 is 3.00. The molecule has 4 nitrogen and oxygen atoms in total. The Hall–Kier alpha value is -2.05. The van der Waals surface area contributed by atoms with E-state index in [9.17, 15) is 4.79 Å². The van der Waals surface area contributed by atoms with Crippen LogP contribution >= 0.6 is 23.1 Å². The predicted octanol–water partition coefficient (Wildman–Crippen LogP) is 3.99. The molecule has 0 aliphatic carbocycles. The number of hydrogen-bond donors (Lipinski definition) is 0. The number of rotatable bonds is 3.